The predicted molar refractivity (Wildman–Crippen MR) is 123 cm³/mol. The Morgan fingerprint density at radius 1 is 0.714 bits per heavy atom. The van der Waals surface area contributed by atoms with E-state index in [0.717, 1.165) is 11.1 Å². The van der Waals surface area contributed by atoms with Gasteiger partial charge in [-0.2, -0.15) is 0 Å². The Kier molecular flexibility index (Phi) is 4.56. The number of rotatable bonds is 4. The molecule has 0 unspecified atom stereocenters. The van der Waals surface area contributed by atoms with Crippen LogP contribution in [0, 0.1) is 0 Å². The summed E-state index contributed by atoms with van der Waals surface area (Å²) in [5, 5.41) is 13.1. The van der Waals surface area contributed by atoms with E-state index < -0.39 is 0 Å². The van der Waals surface area contributed by atoms with Gasteiger partial charge in [0.05, 0.1) is 5.69 Å². The first-order valence-corrected chi connectivity index (χ1v) is 11.3. The summed E-state index contributed by atoms with van der Waals surface area (Å²) < 4.78 is 0. The monoisotopic (exact) mass is 417 g/mol. The summed E-state index contributed by atoms with van der Waals surface area (Å²) in [5.41, 5.74) is 1.47. The van der Waals surface area contributed by atoms with Crippen molar-refractivity contribution in [3.63, 3.8) is 0 Å². The molecule has 2 nitrogen and oxygen atoms in total. The molecule has 1 aromatic carbocycles. The summed E-state index contributed by atoms with van der Waals surface area (Å²) in [6.07, 6.45) is 4.07. The second kappa shape index (κ2) is 7.36. The van der Waals surface area contributed by atoms with Gasteiger partial charge in [0.1, 0.15) is 11.3 Å². The number of phenols is 1. The Hall–Kier alpha value is -2.73. The lowest BCUT2D eigenvalue weighted by molar-refractivity contribution is 0.480. The molecular formula is C23H15NOS3. The molecule has 0 aliphatic rings. The number of benzene rings is 1. The molecule has 0 aliphatic carbocycles. The topological polar surface area (TPSA) is 33.1 Å². The lowest BCUT2D eigenvalue weighted by Gasteiger charge is -2.00. The van der Waals surface area contributed by atoms with E-state index in [1.807, 2.05) is 41.7 Å². The number of fused-ring (bicyclic) bond motifs is 1. The molecule has 136 valence electrons. The third kappa shape index (κ3) is 3.40. The summed E-state index contributed by atoms with van der Waals surface area (Å²) in [4.78, 5) is 10.9. The van der Waals surface area contributed by atoms with Crippen LogP contribution in [0.2, 0.25) is 0 Å². The summed E-state index contributed by atoms with van der Waals surface area (Å²) in [6, 6.07) is 22.4. The van der Waals surface area contributed by atoms with Crippen LogP contribution in [0.4, 0.5) is 0 Å². The molecule has 0 bridgehead atoms. The third-order valence-corrected chi connectivity index (χ3v) is 7.78. The van der Waals surface area contributed by atoms with Crippen molar-refractivity contribution in [1.29, 1.82) is 0 Å². The zero-order valence-corrected chi connectivity index (χ0v) is 17.2. The fourth-order valence-electron chi connectivity index (χ4n) is 3.00. The molecule has 1 N–H and O–H groups in total. The van der Waals surface area contributed by atoms with Crippen molar-refractivity contribution in [2.24, 2.45) is 0 Å². The lowest BCUT2D eigenvalue weighted by Crippen LogP contribution is -1.83. The number of nitrogens with zero attached hydrogens (tertiary/aromatic N) is 1. The Bertz CT molecular complexity index is 1280. The van der Waals surface area contributed by atoms with Gasteiger partial charge in [-0.3, -0.25) is 0 Å². The van der Waals surface area contributed by atoms with Crippen LogP contribution in [0.1, 0.15) is 10.6 Å². The van der Waals surface area contributed by atoms with E-state index in [4.69, 9.17) is 0 Å². The largest absolute Gasteiger partial charge is 0.506 e. The maximum Gasteiger partial charge on any atom is 0.141 e. The Morgan fingerprint density at radius 3 is 2.39 bits per heavy atom. The molecule has 28 heavy (non-hydrogen) atoms. The number of hydrogen-bond acceptors (Lipinski definition) is 5. The summed E-state index contributed by atoms with van der Waals surface area (Å²) >= 11 is 5.38. The van der Waals surface area contributed by atoms with E-state index in [1.54, 1.807) is 28.7 Å². The Morgan fingerprint density at radius 2 is 1.54 bits per heavy atom. The van der Waals surface area contributed by atoms with Crippen LogP contribution < -0.4 is 0 Å². The van der Waals surface area contributed by atoms with E-state index >= 15 is 0 Å². The Labute approximate surface area is 174 Å². The molecule has 0 saturated heterocycles. The van der Waals surface area contributed by atoms with Crippen molar-refractivity contribution in [3.8, 4) is 25.3 Å². The van der Waals surface area contributed by atoms with Crippen LogP contribution in [0.3, 0.4) is 0 Å². The van der Waals surface area contributed by atoms with Gasteiger partial charge in [0.2, 0.25) is 0 Å². The van der Waals surface area contributed by atoms with E-state index in [2.05, 4.69) is 52.8 Å². The van der Waals surface area contributed by atoms with Gasteiger partial charge < -0.3 is 5.11 Å². The second-order valence-corrected chi connectivity index (χ2v) is 9.41. The minimum Gasteiger partial charge on any atom is -0.506 e. The van der Waals surface area contributed by atoms with E-state index in [0.29, 0.717) is 5.52 Å². The first-order valence-electron chi connectivity index (χ1n) is 8.77. The average Bonchev–Trinajstić information content (AvgIpc) is 3.47. The lowest BCUT2D eigenvalue weighted by atomic mass is 10.2. The molecule has 5 rings (SSSR count). The molecular weight excluding hydrogens is 402 g/mol. The standard InChI is InChI=1S/C23H15NOS3/c25-18-4-1-3-15-6-7-16(24-23(15)18)8-9-17-10-11-21(27-17)22-13-12-20(28-22)19-5-2-14-26-19/h1-14,25H. The van der Waals surface area contributed by atoms with Gasteiger partial charge >= 0.3 is 0 Å². The maximum absolute atomic E-state index is 10.00. The van der Waals surface area contributed by atoms with Crippen LogP contribution >= 0.6 is 34.0 Å². The van der Waals surface area contributed by atoms with Crippen LogP contribution in [-0.4, -0.2) is 10.1 Å². The van der Waals surface area contributed by atoms with Gasteiger partial charge in [-0.05, 0) is 60.0 Å². The smallest absolute Gasteiger partial charge is 0.141 e. The number of hydrogen-bond donors (Lipinski definition) is 1. The van der Waals surface area contributed by atoms with Gasteiger partial charge in [-0.1, -0.05) is 24.3 Å². The highest BCUT2D eigenvalue weighted by atomic mass is 32.1. The molecule has 5 heteroatoms. The highest BCUT2D eigenvalue weighted by molar-refractivity contribution is 7.26. The average molecular weight is 418 g/mol. The quantitative estimate of drug-likeness (QED) is 0.326. The maximum atomic E-state index is 10.00. The minimum atomic E-state index is 0.213. The molecule has 5 aromatic rings. The summed E-state index contributed by atoms with van der Waals surface area (Å²) in [6.45, 7) is 0. The van der Waals surface area contributed by atoms with Crippen molar-refractivity contribution in [1.82, 2.24) is 4.98 Å². The Balaban J connectivity index is 1.39. The first-order chi connectivity index (χ1) is 13.8. The van der Waals surface area contributed by atoms with Crippen LogP contribution in [0.15, 0.2) is 72.1 Å². The van der Waals surface area contributed by atoms with Crippen molar-refractivity contribution in [2.75, 3.05) is 0 Å². The van der Waals surface area contributed by atoms with Gasteiger partial charge in [0.25, 0.3) is 0 Å². The number of para-hydroxylation sites is 1. The summed E-state index contributed by atoms with van der Waals surface area (Å²) in [7, 11) is 0. The van der Waals surface area contributed by atoms with Crippen molar-refractivity contribution >= 4 is 57.1 Å². The van der Waals surface area contributed by atoms with Gasteiger partial charge in [0, 0.05) is 29.8 Å². The van der Waals surface area contributed by atoms with Crippen molar-refractivity contribution in [2.45, 2.75) is 0 Å². The number of aromatic nitrogens is 1. The first kappa shape index (κ1) is 17.4. The minimum absolute atomic E-state index is 0.213. The second-order valence-electron chi connectivity index (χ2n) is 6.26. The van der Waals surface area contributed by atoms with Crippen molar-refractivity contribution in [3.05, 3.63) is 82.7 Å². The fourth-order valence-corrected chi connectivity index (χ4v) is 5.84. The zero-order chi connectivity index (χ0) is 18.9. The number of phenolic OH excluding ortho intramolecular Hbond substituents is 1. The molecule has 0 spiro atoms. The van der Waals surface area contributed by atoms with Crippen molar-refractivity contribution < 1.29 is 5.11 Å². The van der Waals surface area contributed by atoms with Crippen LogP contribution in [-0.2, 0) is 0 Å². The fraction of sp³-hybridized carbons (Fsp3) is 0. The number of pyridine rings is 1. The molecule has 0 aliphatic heterocycles. The van der Waals surface area contributed by atoms with Gasteiger partial charge in [-0.15, -0.1) is 34.0 Å². The zero-order valence-electron chi connectivity index (χ0n) is 14.7. The van der Waals surface area contributed by atoms with Crippen LogP contribution in [0.5, 0.6) is 5.75 Å². The SMILES string of the molecule is Oc1cccc2ccc(C=Cc3ccc(-c4ccc(-c5cccs5)s4)s3)nc12. The third-order valence-electron chi connectivity index (χ3n) is 4.38. The van der Waals surface area contributed by atoms with Gasteiger partial charge in [0.15, 0.2) is 0 Å². The molecule has 4 aromatic heterocycles. The summed E-state index contributed by atoms with van der Waals surface area (Å²) in [5.74, 6) is 0.213. The molecule has 0 atom stereocenters. The van der Waals surface area contributed by atoms with E-state index in [1.165, 1.54) is 24.4 Å². The highest BCUT2D eigenvalue weighted by Gasteiger charge is 2.08. The molecule has 0 saturated carbocycles. The highest BCUT2D eigenvalue weighted by Crippen LogP contribution is 2.39. The normalized spacial score (nSPS) is 11.6. The number of aromatic hydroxyl groups is 1. The molecule has 4 heterocycles. The van der Waals surface area contributed by atoms with Gasteiger partial charge in [-0.25, -0.2) is 4.98 Å². The van der Waals surface area contributed by atoms with E-state index in [-0.39, 0.29) is 5.75 Å². The molecule has 0 amide bonds. The van der Waals surface area contributed by atoms with Crippen LogP contribution in [0.25, 0.3) is 42.6 Å². The molecule has 0 fully saturated rings. The number of thiophene rings is 3. The predicted octanol–water partition coefficient (Wildman–Crippen LogP) is 7.63. The molecule has 0 radical (unpaired) electrons. The van der Waals surface area contributed by atoms with E-state index in [9.17, 15) is 5.11 Å².